The molecule has 3 aromatic rings. The average Bonchev–Trinajstić information content (AvgIpc) is 3.12. The van der Waals surface area contributed by atoms with Crippen molar-refractivity contribution in [2.75, 3.05) is 12.0 Å². The van der Waals surface area contributed by atoms with E-state index in [1.165, 1.54) is 16.9 Å². The number of halogens is 1. The van der Waals surface area contributed by atoms with Crippen LogP contribution in [0.4, 0.5) is 5.69 Å². The molecule has 3 amide bonds. The number of carbonyl (C=O) groups is 3. The Morgan fingerprint density at radius 1 is 1.03 bits per heavy atom. The zero-order valence-electron chi connectivity index (χ0n) is 17.4. The van der Waals surface area contributed by atoms with Crippen molar-refractivity contribution in [3.63, 3.8) is 0 Å². The Morgan fingerprint density at radius 3 is 2.44 bits per heavy atom. The Balaban J connectivity index is 1.69. The van der Waals surface area contributed by atoms with Crippen molar-refractivity contribution in [2.45, 2.75) is 19.0 Å². The molecule has 3 aromatic carbocycles. The molecule has 7 heteroatoms. The number of methoxy groups -OCH3 is 1. The van der Waals surface area contributed by atoms with Crippen LogP contribution in [0.1, 0.15) is 22.3 Å². The first-order valence-electron chi connectivity index (χ1n) is 10.1. The van der Waals surface area contributed by atoms with Crippen LogP contribution in [-0.2, 0) is 16.1 Å². The predicted molar refractivity (Wildman–Crippen MR) is 129 cm³/mol. The number of nitrogens with zero attached hydrogens (tertiary/aromatic N) is 2. The Hall–Kier alpha value is -3.20. The van der Waals surface area contributed by atoms with E-state index < -0.39 is 11.9 Å². The first kappa shape index (κ1) is 22.0. The second-order valence-corrected chi connectivity index (χ2v) is 8.66. The van der Waals surface area contributed by atoms with E-state index in [2.05, 4.69) is 22.6 Å². The summed E-state index contributed by atoms with van der Waals surface area (Å²) in [5.74, 6) is -0.505. The second kappa shape index (κ2) is 9.52. The van der Waals surface area contributed by atoms with Crippen molar-refractivity contribution >= 4 is 46.0 Å². The van der Waals surface area contributed by atoms with Crippen LogP contribution in [0.2, 0.25) is 0 Å². The molecule has 0 saturated carbocycles. The van der Waals surface area contributed by atoms with Crippen molar-refractivity contribution in [2.24, 2.45) is 0 Å². The summed E-state index contributed by atoms with van der Waals surface area (Å²) in [6.07, 6.45) is -0.0621. The van der Waals surface area contributed by atoms with Crippen molar-refractivity contribution in [3.8, 4) is 5.75 Å². The van der Waals surface area contributed by atoms with Crippen LogP contribution in [-0.4, -0.2) is 35.8 Å². The molecule has 0 N–H and O–H groups in total. The summed E-state index contributed by atoms with van der Waals surface area (Å²) in [6.45, 7) is 0.209. The molecule has 0 spiro atoms. The first-order chi connectivity index (χ1) is 15.5. The lowest BCUT2D eigenvalue weighted by molar-refractivity contribution is -0.122. The lowest BCUT2D eigenvalue weighted by Crippen LogP contribution is -2.45. The van der Waals surface area contributed by atoms with Gasteiger partial charge in [0.05, 0.1) is 19.2 Å². The summed E-state index contributed by atoms with van der Waals surface area (Å²) in [7, 11) is 1.53. The van der Waals surface area contributed by atoms with Crippen LogP contribution in [0, 0.1) is 3.57 Å². The Bertz CT molecular complexity index is 1150. The molecule has 1 aliphatic rings. The maximum Gasteiger partial charge on any atom is 0.257 e. The van der Waals surface area contributed by atoms with Gasteiger partial charge in [-0.05, 0) is 70.6 Å². The molecule has 1 atom stereocenters. The molecular weight excluding hydrogens is 519 g/mol. The molecular formula is C25H21IN2O4. The van der Waals surface area contributed by atoms with Crippen LogP contribution >= 0.6 is 22.6 Å². The Labute approximate surface area is 199 Å². The Kier molecular flexibility index (Phi) is 6.55. The summed E-state index contributed by atoms with van der Waals surface area (Å²) in [4.78, 5) is 42.4. The van der Waals surface area contributed by atoms with Gasteiger partial charge in [0.2, 0.25) is 5.91 Å². The molecule has 1 aliphatic heterocycles. The topological polar surface area (TPSA) is 66.9 Å². The summed E-state index contributed by atoms with van der Waals surface area (Å²) in [5, 5.41) is 0. The number of ether oxygens (including phenoxy) is 1. The summed E-state index contributed by atoms with van der Waals surface area (Å²) in [5.41, 5.74) is 1.78. The SMILES string of the molecule is COc1cccc(C(=O)N(Cc2ccccc2)C2CC(=O)N(c3ccc(I)cc3)C2=O)c1. The van der Waals surface area contributed by atoms with E-state index in [1.807, 2.05) is 42.5 Å². The fourth-order valence-electron chi connectivity index (χ4n) is 3.75. The minimum absolute atomic E-state index is 0.0621. The fourth-order valence-corrected chi connectivity index (χ4v) is 4.11. The maximum atomic E-state index is 13.5. The molecule has 0 aromatic heterocycles. The highest BCUT2D eigenvalue weighted by Gasteiger charge is 2.44. The molecule has 0 aliphatic carbocycles. The van der Waals surface area contributed by atoms with Gasteiger partial charge in [0.1, 0.15) is 11.8 Å². The summed E-state index contributed by atoms with van der Waals surface area (Å²) >= 11 is 2.17. The highest BCUT2D eigenvalue weighted by molar-refractivity contribution is 14.1. The minimum atomic E-state index is -0.888. The minimum Gasteiger partial charge on any atom is -0.497 e. The van der Waals surface area contributed by atoms with Gasteiger partial charge in [0, 0.05) is 15.7 Å². The molecule has 1 unspecified atom stereocenters. The number of benzene rings is 3. The first-order valence-corrected chi connectivity index (χ1v) is 11.2. The standard InChI is InChI=1S/C25H21IN2O4/c1-32-21-9-5-8-18(14-21)24(30)27(16-17-6-3-2-4-7-17)22-15-23(29)28(25(22)31)20-12-10-19(26)11-13-20/h2-14,22H,15-16H2,1H3. The third-order valence-corrected chi connectivity index (χ3v) is 6.08. The number of amides is 3. The number of anilines is 1. The van der Waals surface area contributed by atoms with Gasteiger partial charge < -0.3 is 9.64 Å². The van der Waals surface area contributed by atoms with Crippen molar-refractivity contribution in [1.29, 1.82) is 0 Å². The lowest BCUT2D eigenvalue weighted by atomic mass is 10.1. The van der Waals surface area contributed by atoms with E-state index in [4.69, 9.17) is 4.74 Å². The molecule has 162 valence electrons. The van der Waals surface area contributed by atoms with Gasteiger partial charge in [-0.2, -0.15) is 0 Å². The third-order valence-electron chi connectivity index (χ3n) is 5.36. The third kappa shape index (κ3) is 4.52. The van der Waals surface area contributed by atoms with Crippen LogP contribution in [0.5, 0.6) is 5.75 Å². The van der Waals surface area contributed by atoms with E-state index in [0.717, 1.165) is 9.13 Å². The molecule has 32 heavy (non-hydrogen) atoms. The van der Waals surface area contributed by atoms with Gasteiger partial charge in [-0.25, -0.2) is 4.90 Å². The number of hydrogen-bond donors (Lipinski definition) is 0. The molecule has 1 heterocycles. The largest absolute Gasteiger partial charge is 0.497 e. The van der Waals surface area contributed by atoms with Gasteiger partial charge >= 0.3 is 0 Å². The number of hydrogen-bond acceptors (Lipinski definition) is 4. The molecule has 1 fully saturated rings. The van der Waals surface area contributed by atoms with Gasteiger partial charge in [0.25, 0.3) is 11.8 Å². The Morgan fingerprint density at radius 2 is 1.75 bits per heavy atom. The summed E-state index contributed by atoms with van der Waals surface area (Å²) in [6, 6.07) is 22.5. The number of rotatable bonds is 6. The molecule has 6 nitrogen and oxygen atoms in total. The zero-order chi connectivity index (χ0) is 22.7. The van der Waals surface area contributed by atoms with Gasteiger partial charge in [-0.1, -0.05) is 36.4 Å². The van der Waals surface area contributed by atoms with Crippen molar-refractivity contribution in [1.82, 2.24) is 4.90 Å². The van der Waals surface area contributed by atoms with E-state index in [0.29, 0.717) is 17.0 Å². The van der Waals surface area contributed by atoms with E-state index in [-0.39, 0.29) is 24.8 Å². The van der Waals surface area contributed by atoms with Gasteiger partial charge in [-0.15, -0.1) is 0 Å². The lowest BCUT2D eigenvalue weighted by Gasteiger charge is -2.28. The average molecular weight is 540 g/mol. The van der Waals surface area contributed by atoms with E-state index >= 15 is 0 Å². The van der Waals surface area contributed by atoms with Crippen molar-refractivity contribution in [3.05, 3.63) is 93.6 Å². The maximum absolute atomic E-state index is 13.5. The van der Waals surface area contributed by atoms with Crippen LogP contribution in [0.3, 0.4) is 0 Å². The van der Waals surface area contributed by atoms with E-state index in [1.54, 1.807) is 36.4 Å². The highest BCUT2D eigenvalue weighted by atomic mass is 127. The van der Waals surface area contributed by atoms with Crippen LogP contribution < -0.4 is 9.64 Å². The second-order valence-electron chi connectivity index (χ2n) is 7.41. The smallest absolute Gasteiger partial charge is 0.257 e. The predicted octanol–water partition coefficient (Wildman–Crippen LogP) is 4.27. The molecule has 4 rings (SSSR count). The normalized spacial score (nSPS) is 15.7. The highest BCUT2D eigenvalue weighted by Crippen LogP contribution is 2.28. The quantitative estimate of drug-likeness (QED) is 0.346. The summed E-state index contributed by atoms with van der Waals surface area (Å²) < 4.78 is 6.25. The number of carbonyl (C=O) groups excluding carboxylic acids is 3. The molecule has 0 bridgehead atoms. The monoisotopic (exact) mass is 540 g/mol. The zero-order valence-corrected chi connectivity index (χ0v) is 19.6. The van der Waals surface area contributed by atoms with Crippen LogP contribution in [0.25, 0.3) is 0 Å². The van der Waals surface area contributed by atoms with Gasteiger partial charge in [0.15, 0.2) is 0 Å². The van der Waals surface area contributed by atoms with E-state index in [9.17, 15) is 14.4 Å². The van der Waals surface area contributed by atoms with Crippen LogP contribution in [0.15, 0.2) is 78.9 Å². The number of imide groups is 1. The van der Waals surface area contributed by atoms with Crippen molar-refractivity contribution < 1.29 is 19.1 Å². The fraction of sp³-hybridized carbons (Fsp3) is 0.160. The van der Waals surface area contributed by atoms with Gasteiger partial charge in [-0.3, -0.25) is 14.4 Å². The molecule has 1 saturated heterocycles. The molecule has 0 radical (unpaired) electrons.